The summed E-state index contributed by atoms with van der Waals surface area (Å²) in [6.45, 7) is 3.17. The average molecular weight is 391 g/mol. The van der Waals surface area contributed by atoms with Crippen molar-refractivity contribution < 1.29 is 14.5 Å². The first-order valence-corrected chi connectivity index (χ1v) is 9.56. The minimum absolute atomic E-state index is 0.0445. The zero-order valence-electron chi connectivity index (χ0n) is 13.9. The molecule has 0 radical (unpaired) electrons. The van der Waals surface area contributed by atoms with Crippen molar-refractivity contribution in [3.8, 4) is 0 Å². The van der Waals surface area contributed by atoms with Gasteiger partial charge in [-0.15, -0.1) is 11.8 Å². The highest BCUT2D eigenvalue weighted by atomic mass is 35.5. The molecular weight excluding hydrogens is 369 g/mol. The maximum atomic E-state index is 12.4. The Morgan fingerprint density at radius 2 is 2.12 bits per heavy atom. The van der Waals surface area contributed by atoms with Crippen molar-refractivity contribution in [1.29, 1.82) is 0 Å². The normalized spacial score (nSPS) is 19.0. The van der Waals surface area contributed by atoms with Crippen molar-refractivity contribution in [3.05, 3.63) is 33.8 Å². The third-order valence-corrected chi connectivity index (χ3v) is 5.82. The predicted octanol–water partition coefficient (Wildman–Crippen LogP) is 1.22. The number of nitrogens with one attached hydrogen (secondary N) is 2. The highest BCUT2D eigenvalue weighted by Gasteiger charge is 2.38. The summed E-state index contributed by atoms with van der Waals surface area (Å²) >= 11 is 13.5. The molecule has 132 valence electrons. The van der Waals surface area contributed by atoms with Crippen LogP contribution in [0, 0.1) is 0 Å². The molecular formula is C16H22Cl2N3O2S+. The van der Waals surface area contributed by atoms with Crippen LogP contribution in [0.25, 0.3) is 0 Å². The molecule has 0 spiro atoms. The topological polar surface area (TPSA) is 53.9 Å². The van der Waals surface area contributed by atoms with E-state index in [-0.39, 0.29) is 17.2 Å². The van der Waals surface area contributed by atoms with E-state index < -0.39 is 6.04 Å². The maximum Gasteiger partial charge on any atom is 0.242 e. The van der Waals surface area contributed by atoms with Crippen LogP contribution in [0.2, 0.25) is 10.0 Å². The van der Waals surface area contributed by atoms with E-state index >= 15 is 0 Å². The van der Waals surface area contributed by atoms with E-state index in [1.165, 1.54) is 16.7 Å². The summed E-state index contributed by atoms with van der Waals surface area (Å²) < 4.78 is 0. The van der Waals surface area contributed by atoms with E-state index in [1.807, 2.05) is 20.2 Å². The molecule has 1 saturated heterocycles. The SMILES string of the molecule is C[C@H](C(=O)NCC[NH+](C)C)N1C(=O)CS[C@@H]1c1ccc(Cl)c(Cl)c1. The number of quaternary nitrogens is 1. The maximum absolute atomic E-state index is 12.4. The Bertz CT molecular complexity index is 627. The number of benzene rings is 1. The standard InChI is InChI=1S/C16H21Cl2N3O2S/c1-10(15(23)19-6-7-20(2)3)21-14(22)9-24-16(21)11-4-5-12(17)13(18)8-11/h4-5,8,10,16H,6-7,9H2,1-3H3,(H,19,23)/p+1/t10-,16-/m1/s1. The lowest BCUT2D eigenvalue weighted by Gasteiger charge is -2.29. The molecule has 2 atom stereocenters. The van der Waals surface area contributed by atoms with Crippen LogP contribution in [-0.2, 0) is 9.59 Å². The molecule has 1 aliphatic rings. The van der Waals surface area contributed by atoms with Gasteiger partial charge >= 0.3 is 0 Å². The van der Waals surface area contributed by atoms with E-state index in [9.17, 15) is 9.59 Å². The first kappa shape index (κ1) is 19.4. The number of carbonyl (C=O) groups is 2. The van der Waals surface area contributed by atoms with Crippen LogP contribution < -0.4 is 10.2 Å². The van der Waals surface area contributed by atoms with Crippen LogP contribution in [-0.4, -0.2) is 55.7 Å². The summed E-state index contributed by atoms with van der Waals surface area (Å²) in [5, 5.41) is 3.58. The van der Waals surface area contributed by atoms with Crippen molar-refractivity contribution in [2.24, 2.45) is 0 Å². The molecule has 0 aromatic heterocycles. The van der Waals surface area contributed by atoms with E-state index in [0.717, 1.165) is 12.1 Å². The van der Waals surface area contributed by atoms with E-state index in [1.54, 1.807) is 24.0 Å². The van der Waals surface area contributed by atoms with Crippen LogP contribution in [0.4, 0.5) is 0 Å². The van der Waals surface area contributed by atoms with E-state index in [2.05, 4.69) is 5.32 Å². The lowest BCUT2D eigenvalue weighted by atomic mass is 10.1. The Morgan fingerprint density at radius 1 is 1.42 bits per heavy atom. The molecule has 2 amide bonds. The fraction of sp³-hybridized carbons (Fsp3) is 0.500. The average Bonchev–Trinajstić information content (AvgIpc) is 2.90. The molecule has 0 aliphatic carbocycles. The Labute approximate surface area is 156 Å². The summed E-state index contributed by atoms with van der Waals surface area (Å²) in [6, 6.07) is 4.78. The van der Waals surface area contributed by atoms with Crippen molar-refractivity contribution >= 4 is 46.8 Å². The minimum atomic E-state index is -0.538. The third kappa shape index (κ3) is 4.57. The number of carbonyl (C=O) groups excluding carboxylic acids is 2. The lowest BCUT2D eigenvalue weighted by molar-refractivity contribution is -0.856. The van der Waals surface area contributed by atoms with Crippen molar-refractivity contribution in [2.45, 2.75) is 18.3 Å². The number of likely N-dealkylation sites (N-methyl/N-ethyl adjacent to an activating group) is 1. The van der Waals surface area contributed by atoms with Crippen LogP contribution in [0.5, 0.6) is 0 Å². The largest absolute Gasteiger partial charge is 0.349 e. The van der Waals surface area contributed by atoms with E-state index in [0.29, 0.717) is 22.3 Å². The molecule has 1 aromatic rings. The molecule has 0 unspecified atom stereocenters. The van der Waals surface area contributed by atoms with Gasteiger partial charge in [0.15, 0.2) is 0 Å². The Kier molecular flexibility index (Phi) is 6.80. The Balaban J connectivity index is 2.11. The number of hydrogen-bond donors (Lipinski definition) is 2. The molecule has 5 nitrogen and oxygen atoms in total. The number of amides is 2. The molecule has 24 heavy (non-hydrogen) atoms. The predicted molar refractivity (Wildman–Crippen MR) is 98.7 cm³/mol. The molecule has 1 fully saturated rings. The van der Waals surface area contributed by atoms with Gasteiger partial charge in [-0.1, -0.05) is 29.3 Å². The smallest absolute Gasteiger partial charge is 0.242 e. The fourth-order valence-corrected chi connectivity index (χ4v) is 4.04. The van der Waals surface area contributed by atoms with Gasteiger partial charge in [-0.3, -0.25) is 9.59 Å². The minimum Gasteiger partial charge on any atom is -0.349 e. The number of nitrogens with zero attached hydrogens (tertiary/aromatic N) is 1. The van der Waals surface area contributed by atoms with Crippen LogP contribution in [0.1, 0.15) is 17.9 Å². The Morgan fingerprint density at radius 3 is 2.75 bits per heavy atom. The van der Waals surface area contributed by atoms with Gasteiger partial charge in [-0.05, 0) is 24.6 Å². The quantitative estimate of drug-likeness (QED) is 0.767. The first-order chi connectivity index (χ1) is 11.3. The van der Waals surface area contributed by atoms with Gasteiger partial charge in [0.2, 0.25) is 11.8 Å². The number of halogens is 2. The van der Waals surface area contributed by atoms with Crippen LogP contribution >= 0.6 is 35.0 Å². The van der Waals surface area contributed by atoms with Gasteiger partial charge in [-0.2, -0.15) is 0 Å². The van der Waals surface area contributed by atoms with E-state index in [4.69, 9.17) is 23.2 Å². The molecule has 1 aromatic carbocycles. The van der Waals surface area contributed by atoms with Gasteiger partial charge in [-0.25, -0.2) is 0 Å². The highest BCUT2D eigenvalue weighted by Crippen LogP contribution is 2.41. The second-order valence-corrected chi connectivity index (χ2v) is 7.94. The lowest BCUT2D eigenvalue weighted by Crippen LogP contribution is -3.06. The van der Waals surface area contributed by atoms with Gasteiger partial charge in [0, 0.05) is 0 Å². The molecule has 0 bridgehead atoms. The fourth-order valence-electron chi connectivity index (χ4n) is 2.49. The Hall–Kier alpha value is -0.950. The number of thioether (sulfide) groups is 1. The monoisotopic (exact) mass is 390 g/mol. The second kappa shape index (κ2) is 8.43. The molecule has 0 saturated carbocycles. The zero-order chi connectivity index (χ0) is 17.9. The third-order valence-electron chi connectivity index (χ3n) is 3.86. The van der Waals surface area contributed by atoms with Crippen molar-refractivity contribution in [2.75, 3.05) is 32.9 Å². The first-order valence-electron chi connectivity index (χ1n) is 7.75. The van der Waals surface area contributed by atoms with Crippen molar-refractivity contribution in [1.82, 2.24) is 10.2 Å². The number of hydrogen-bond acceptors (Lipinski definition) is 3. The number of rotatable bonds is 6. The molecule has 2 N–H and O–H groups in total. The summed E-state index contributed by atoms with van der Waals surface area (Å²) in [4.78, 5) is 27.6. The molecule has 8 heteroatoms. The second-order valence-electron chi connectivity index (χ2n) is 6.06. The van der Waals surface area contributed by atoms with Gasteiger partial charge in [0.05, 0.1) is 43.0 Å². The summed E-state index contributed by atoms with van der Waals surface area (Å²) in [5.41, 5.74) is 0.873. The summed E-state index contributed by atoms with van der Waals surface area (Å²) in [7, 11) is 4.05. The molecule has 1 heterocycles. The summed E-state index contributed by atoms with van der Waals surface area (Å²) in [5.74, 6) is 0.166. The van der Waals surface area contributed by atoms with Crippen LogP contribution in [0.3, 0.4) is 0 Å². The highest BCUT2D eigenvalue weighted by molar-refractivity contribution is 8.00. The van der Waals surface area contributed by atoms with Gasteiger partial charge < -0.3 is 15.1 Å². The van der Waals surface area contributed by atoms with Gasteiger partial charge in [0.1, 0.15) is 11.4 Å². The summed E-state index contributed by atoms with van der Waals surface area (Å²) in [6.07, 6.45) is 0. The molecule has 2 rings (SSSR count). The van der Waals surface area contributed by atoms with Crippen LogP contribution in [0.15, 0.2) is 18.2 Å². The van der Waals surface area contributed by atoms with Gasteiger partial charge in [0.25, 0.3) is 0 Å². The van der Waals surface area contributed by atoms with Crippen molar-refractivity contribution in [3.63, 3.8) is 0 Å². The zero-order valence-corrected chi connectivity index (χ0v) is 16.3. The molecule has 1 aliphatic heterocycles.